The van der Waals surface area contributed by atoms with E-state index < -0.39 is 0 Å². The lowest BCUT2D eigenvalue weighted by Gasteiger charge is -2.21. The zero-order valence-corrected chi connectivity index (χ0v) is 13.5. The van der Waals surface area contributed by atoms with Crippen LogP contribution in [0.2, 0.25) is 0 Å². The van der Waals surface area contributed by atoms with E-state index in [0.717, 1.165) is 15.3 Å². The van der Waals surface area contributed by atoms with Crippen molar-refractivity contribution in [1.82, 2.24) is 14.8 Å². The summed E-state index contributed by atoms with van der Waals surface area (Å²) < 4.78 is 2.92. The van der Waals surface area contributed by atoms with Crippen LogP contribution in [0.15, 0.2) is 42.7 Å². The Hall–Kier alpha value is -2.21. The van der Waals surface area contributed by atoms with Gasteiger partial charge in [-0.3, -0.25) is 14.4 Å². The molecule has 0 bridgehead atoms. The smallest absolute Gasteiger partial charge is 0.231 e. The molecule has 114 valence electrons. The van der Waals surface area contributed by atoms with Crippen molar-refractivity contribution >= 4 is 32.6 Å². The number of carbonyl (C=O) groups excluding carboxylic acids is 1. The summed E-state index contributed by atoms with van der Waals surface area (Å²) in [5, 5.41) is 4.95. The number of benzene rings is 1. The number of hydrogen-bond donors (Lipinski definition) is 0. The van der Waals surface area contributed by atoms with Crippen LogP contribution in [-0.2, 0) is 11.3 Å². The number of thiazole rings is 1. The van der Waals surface area contributed by atoms with Gasteiger partial charge in [-0.05, 0) is 18.2 Å². The summed E-state index contributed by atoms with van der Waals surface area (Å²) in [6, 6.07) is 9.84. The monoisotopic (exact) mass is 314 g/mol. The second kappa shape index (κ2) is 6.27. The van der Waals surface area contributed by atoms with Gasteiger partial charge in [-0.1, -0.05) is 37.3 Å². The summed E-state index contributed by atoms with van der Waals surface area (Å²) in [5.74, 6) is 0.0239. The van der Waals surface area contributed by atoms with Gasteiger partial charge in [0.15, 0.2) is 5.13 Å². The molecular weight excluding hydrogens is 296 g/mol. The molecule has 22 heavy (non-hydrogen) atoms. The molecule has 0 aliphatic carbocycles. The van der Waals surface area contributed by atoms with Gasteiger partial charge >= 0.3 is 0 Å². The van der Waals surface area contributed by atoms with Crippen LogP contribution in [-0.4, -0.2) is 27.2 Å². The van der Waals surface area contributed by atoms with E-state index in [0.29, 0.717) is 13.1 Å². The number of nitrogens with zero attached hydrogens (tertiary/aromatic N) is 4. The fourth-order valence-electron chi connectivity index (χ4n) is 2.22. The van der Waals surface area contributed by atoms with Gasteiger partial charge in [0.05, 0.1) is 16.8 Å². The van der Waals surface area contributed by atoms with Crippen molar-refractivity contribution < 1.29 is 4.79 Å². The maximum absolute atomic E-state index is 12.5. The highest BCUT2D eigenvalue weighted by atomic mass is 32.1. The summed E-state index contributed by atoms with van der Waals surface area (Å²) in [6.45, 7) is 5.05. The van der Waals surface area contributed by atoms with Crippen molar-refractivity contribution in [3.05, 3.63) is 42.7 Å². The molecular formula is C16H18N4OS. The molecule has 2 aromatic heterocycles. The van der Waals surface area contributed by atoms with Crippen molar-refractivity contribution in [1.29, 1.82) is 0 Å². The minimum atomic E-state index is -0.0652. The molecule has 0 saturated heterocycles. The van der Waals surface area contributed by atoms with Crippen LogP contribution < -0.4 is 4.90 Å². The first kappa shape index (κ1) is 14.7. The molecule has 0 aliphatic heterocycles. The van der Waals surface area contributed by atoms with Gasteiger partial charge in [0, 0.05) is 24.9 Å². The first-order chi connectivity index (χ1) is 10.6. The number of amides is 1. The predicted molar refractivity (Wildman–Crippen MR) is 89.0 cm³/mol. The molecule has 0 N–H and O–H groups in total. The quantitative estimate of drug-likeness (QED) is 0.727. The van der Waals surface area contributed by atoms with E-state index in [1.807, 2.05) is 55.1 Å². The number of hydrogen-bond acceptors (Lipinski definition) is 4. The van der Waals surface area contributed by atoms with E-state index in [9.17, 15) is 4.79 Å². The third-order valence-corrected chi connectivity index (χ3v) is 4.44. The maximum atomic E-state index is 12.5. The van der Waals surface area contributed by atoms with Crippen molar-refractivity contribution in [3.63, 3.8) is 0 Å². The largest absolute Gasteiger partial charge is 0.286 e. The summed E-state index contributed by atoms with van der Waals surface area (Å²) in [5.41, 5.74) is 0.933. The molecule has 0 saturated carbocycles. The Bertz CT molecular complexity index is 730. The van der Waals surface area contributed by atoms with Crippen LogP contribution in [0.1, 0.15) is 13.8 Å². The minimum absolute atomic E-state index is 0.0652. The molecule has 0 spiro atoms. The average Bonchev–Trinajstić information content (AvgIpc) is 3.15. The number of carbonyl (C=O) groups is 1. The molecule has 1 aromatic carbocycles. The molecule has 0 unspecified atom stereocenters. The summed E-state index contributed by atoms with van der Waals surface area (Å²) in [4.78, 5) is 18.9. The predicted octanol–water partition coefficient (Wildman–Crippen LogP) is 3.18. The highest BCUT2D eigenvalue weighted by Crippen LogP contribution is 2.29. The van der Waals surface area contributed by atoms with Gasteiger partial charge in [-0.15, -0.1) is 0 Å². The number of fused-ring (bicyclic) bond motifs is 1. The van der Waals surface area contributed by atoms with Crippen molar-refractivity contribution in [3.8, 4) is 0 Å². The van der Waals surface area contributed by atoms with Gasteiger partial charge in [0.2, 0.25) is 5.91 Å². The fraction of sp³-hybridized carbons (Fsp3) is 0.312. The van der Waals surface area contributed by atoms with Crippen LogP contribution in [0.3, 0.4) is 0 Å². The van der Waals surface area contributed by atoms with Crippen LogP contribution in [0.5, 0.6) is 0 Å². The van der Waals surface area contributed by atoms with Crippen LogP contribution in [0.25, 0.3) is 10.2 Å². The highest BCUT2D eigenvalue weighted by molar-refractivity contribution is 7.22. The molecule has 3 rings (SSSR count). The molecule has 3 aromatic rings. The number of para-hydroxylation sites is 1. The Morgan fingerprint density at radius 1 is 1.32 bits per heavy atom. The summed E-state index contributed by atoms with van der Waals surface area (Å²) in [6.07, 6.45) is 3.64. The molecule has 0 aliphatic rings. The Morgan fingerprint density at radius 2 is 2.14 bits per heavy atom. The zero-order valence-electron chi connectivity index (χ0n) is 12.6. The number of aromatic nitrogens is 3. The Labute approximate surface area is 133 Å². The van der Waals surface area contributed by atoms with Crippen molar-refractivity contribution in [2.24, 2.45) is 5.92 Å². The molecule has 6 heteroatoms. The molecule has 0 fully saturated rings. The second-order valence-corrected chi connectivity index (χ2v) is 6.39. The van der Waals surface area contributed by atoms with E-state index in [2.05, 4.69) is 10.1 Å². The lowest BCUT2D eigenvalue weighted by atomic mass is 10.2. The van der Waals surface area contributed by atoms with E-state index in [1.54, 1.807) is 22.4 Å². The Kier molecular flexibility index (Phi) is 4.20. The summed E-state index contributed by atoms with van der Waals surface area (Å²) >= 11 is 1.55. The zero-order chi connectivity index (χ0) is 15.5. The Morgan fingerprint density at radius 3 is 2.82 bits per heavy atom. The number of rotatable bonds is 5. The molecule has 2 heterocycles. The highest BCUT2D eigenvalue weighted by Gasteiger charge is 2.22. The first-order valence-electron chi connectivity index (χ1n) is 7.29. The molecule has 1 amide bonds. The van der Waals surface area contributed by atoms with Crippen LogP contribution >= 0.6 is 11.3 Å². The van der Waals surface area contributed by atoms with Gasteiger partial charge in [0.1, 0.15) is 0 Å². The van der Waals surface area contributed by atoms with Gasteiger partial charge in [-0.2, -0.15) is 5.10 Å². The summed E-state index contributed by atoms with van der Waals surface area (Å²) in [7, 11) is 0. The van der Waals surface area contributed by atoms with E-state index in [4.69, 9.17) is 0 Å². The van der Waals surface area contributed by atoms with Crippen LogP contribution in [0, 0.1) is 5.92 Å². The van der Waals surface area contributed by atoms with Gasteiger partial charge < -0.3 is 0 Å². The minimum Gasteiger partial charge on any atom is -0.286 e. The van der Waals surface area contributed by atoms with E-state index in [-0.39, 0.29) is 11.8 Å². The second-order valence-electron chi connectivity index (χ2n) is 5.38. The third-order valence-electron chi connectivity index (χ3n) is 3.39. The maximum Gasteiger partial charge on any atom is 0.231 e. The number of anilines is 1. The Balaban J connectivity index is 1.88. The van der Waals surface area contributed by atoms with E-state index in [1.165, 1.54) is 0 Å². The lowest BCUT2D eigenvalue weighted by Crippen LogP contribution is -2.36. The SMILES string of the molecule is CC(C)C(=O)N(CCn1cccn1)c1nc2ccccc2s1. The average molecular weight is 314 g/mol. The van der Waals surface area contributed by atoms with Gasteiger partial charge in [0.25, 0.3) is 0 Å². The fourth-order valence-corrected chi connectivity index (χ4v) is 3.22. The molecule has 0 radical (unpaired) electrons. The molecule has 0 atom stereocenters. The van der Waals surface area contributed by atoms with Gasteiger partial charge in [-0.25, -0.2) is 4.98 Å². The van der Waals surface area contributed by atoms with Crippen molar-refractivity contribution in [2.45, 2.75) is 20.4 Å². The topological polar surface area (TPSA) is 51.0 Å². The van der Waals surface area contributed by atoms with Crippen molar-refractivity contribution in [2.75, 3.05) is 11.4 Å². The lowest BCUT2D eigenvalue weighted by molar-refractivity contribution is -0.121. The van der Waals surface area contributed by atoms with Crippen LogP contribution in [0.4, 0.5) is 5.13 Å². The molecule has 5 nitrogen and oxygen atoms in total. The normalized spacial score (nSPS) is 11.2. The van der Waals surface area contributed by atoms with E-state index >= 15 is 0 Å². The standard InChI is InChI=1S/C16H18N4OS/c1-12(2)15(21)20(11-10-19-9-5-8-17-19)16-18-13-6-3-4-7-14(13)22-16/h3-9,12H,10-11H2,1-2H3. The first-order valence-corrected chi connectivity index (χ1v) is 8.11. The third kappa shape index (κ3) is 3.01.